The van der Waals surface area contributed by atoms with E-state index in [-0.39, 0.29) is 18.7 Å². The third-order valence-corrected chi connectivity index (χ3v) is 3.51. The van der Waals surface area contributed by atoms with Gasteiger partial charge in [-0.1, -0.05) is 58.4 Å². The number of amides is 1. The first-order valence-corrected chi connectivity index (χ1v) is 7.99. The number of benzene rings is 2. The molecular weight excluding hydrogens is 374 g/mol. The Morgan fingerprint density at radius 2 is 1.92 bits per heavy atom. The largest absolute Gasteiger partial charge is 0.478 e. The first-order valence-electron chi connectivity index (χ1n) is 7.19. The Morgan fingerprint density at radius 1 is 1.17 bits per heavy atom. The highest BCUT2D eigenvalue weighted by atomic mass is 79.9. The third kappa shape index (κ3) is 5.89. The molecule has 0 saturated carbocycles. The lowest BCUT2D eigenvalue weighted by atomic mass is 10.1. The lowest BCUT2D eigenvalue weighted by Crippen LogP contribution is -2.24. The molecule has 0 unspecified atom stereocenters. The number of hydrogen-bond donors (Lipinski definition) is 2. The van der Waals surface area contributed by atoms with Gasteiger partial charge in [0.2, 0.25) is 0 Å². The molecule has 0 bridgehead atoms. The highest BCUT2D eigenvalue weighted by Gasteiger charge is 2.04. The number of nitrogens with one attached hydrogen (secondary N) is 1. The second kappa shape index (κ2) is 8.88. The van der Waals surface area contributed by atoms with Crippen LogP contribution in [-0.2, 0) is 11.3 Å². The summed E-state index contributed by atoms with van der Waals surface area (Å²) in [6.07, 6.45) is 2.94. The molecule has 0 aliphatic carbocycles. The van der Waals surface area contributed by atoms with Crippen LogP contribution in [0.2, 0.25) is 0 Å². The van der Waals surface area contributed by atoms with E-state index in [9.17, 15) is 9.59 Å². The standard InChI is InChI=1S/C18H16BrNO4/c19-16-10-14(9-15(11-16)17(21)22)7-4-8-20-18(23)24-12-13-5-2-1-3-6-13/h1-7,9-11H,8,12H2,(H,20,23)(H,21,22). The van der Waals surface area contributed by atoms with Gasteiger partial charge in [-0.3, -0.25) is 0 Å². The van der Waals surface area contributed by atoms with Gasteiger partial charge in [-0.2, -0.15) is 0 Å². The van der Waals surface area contributed by atoms with Gasteiger partial charge >= 0.3 is 12.1 Å². The summed E-state index contributed by atoms with van der Waals surface area (Å²) in [5.41, 5.74) is 1.83. The Morgan fingerprint density at radius 3 is 2.62 bits per heavy atom. The van der Waals surface area contributed by atoms with Gasteiger partial charge in [0.05, 0.1) is 5.56 Å². The van der Waals surface area contributed by atoms with Crippen LogP contribution in [0.25, 0.3) is 6.08 Å². The van der Waals surface area contributed by atoms with Crippen molar-refractivity contribution < 1.29 is 19.4 Å². The molecule has 24 heavy (non-hydrogen) atoms. The Kier molecular flexibility index (Phi) is 6.57. The molecule has 2 N–H and O–H groups in total. The molecule has 0 aliphatic heterocycles. The fourth-order valence-electron chi connectivity index (χ4n) is 1.94. The Labute approximate surface area is 148 Å². The molecule has 0 radical (unpaired) electrons. The van der Waals surface area contributed by atoms with Gasteiger partial charge in [0.15, 0.2) is 0 Å². The van der Waals surface area contributed by atoms with Crippen LogP contribution in [0.3, 0.4) is 0 Å². The summed E-state index contributed by atoms with van der Waals surface area (Å²) >= 11 is 3.27. The molecule has 0 atom stereocenters. The number of aromatic carboxylic acids is 1. The van der Waals surface area contributed by atoms with Crippen molar-refractivity contribution in [1.82, 2.24) is 5.32 Å². The SMILES string of the molecule is O=C(NCC=Cc1cc(Br)cc(C(=O)O)c1)OCc1ccccc1. The Bertz CT molecular complexity index is 744. The second-order valence-electron chi connectivity index (χ2n) is 4.92. The molecule has 0 aliphatic rings. The van der Waals surface area contributed by atoms with E-state index < -0.39 is 12.1 Å². The number of rotatable bonds is 6. The molecule has 124 valence electrons. The minimum Gasteiger partial charge on any atom is -0.478 e. The van der Waals surface area contributed by atoms with Crippen molar-refractivity contribution in [3.05, 3.63) is 75.8 Å². The number of hydrogen-bond acceptors (Lipinski definition) is 3. The predicted molar refractivity (Wildman–Crippen MR) is 94.8 cm³/mol. The molecule has 0 aromatic heterocycles. The van der Waals surface area contributed by atoms with E-state index in [4.69, 9.17) is 9.84 Å². The third-order valence-electron chi connectivity index (χ3n) is 3.05. The minimum absolute atomic E-state index is 0.194. The summed E-state index contributed by atoms with van der Waals surface area (Å²) in [5, 5.41) is 11.6. The minimum atomic E-state index is -0.992. The van der Waals surface area contributed by atoms with Crippen LogP contribution < -0.4 is 5.32 Å². The maximum Gasteiger partial charge on any atom is 0.407 e. The summed E-state index contributed by atoms with van der Waals surface area (Å²) in [7, 11) is 0. The quantitative estimate of drug-likeness (QED) is 0.779. The van der Waals surface area contributed by atoms with Crippen LogP contribution in [0.4, 0.5) is 4.79 Å². The van der Waals surface area contributed by atoms with E-state index >= 15 is 0 Å². The number of carbonyl (C=O) groups is 2. The van der Waals surface area contributed by atoms with Crippen LogP contribution in [0.5, 0.6) is 0 Å². The summed E-state index contributed by atoms with van der Waals surface area (Å²) in [6.45, 7) is 0.493. The number of ether oxygens (including phenoxy) is 1. The Balaban J connectivity index is 1.80. The number of carbonyl (C=O) groups excluding carboxylic acids is 1. The molecule has 2 aromatic rings. The maximum absolute atomic E-state index is 11.6. The lowest BCUT2D eigenvalue weighted by Gasteiger charge is -2.05. The molecule has 0 fully saturated rings. The molecular formula is C18H16BrNO4. The number of alkyl carbamates (subject to hydrolysis) is 1. The maximum atomic E-state index is 11.6. The highest BCUT2D eigenvalue weighted by molar-refractivity contribution is 9.10. The molecule has 6 heteroatoms. The van der Waals surface area contributed by atoms with E-state index in [1.165, 1.54) is 6.07 Å². The topological polar surface area (TPSA) is 75.6 Å². The van der Waals surface area contributed by atoms with Crippen LogP contribution in [0, 0.1) is 0 Å². The smallest absolute Gasteiger partial charge is 0.407 e. The van der Waals surface area contributed by atoms with E-state index in [1.807, 2.05) is 30.3 Å². The van der Waals surface area contributed by atoms with E-state index in [0.717, 1.165) is 11.1 Å². The number of halogens is 1. The summed E-state index contributed by atoms with van der Waals surface area (Å²) < 4.78 is 5.76. The van der Waals surface area contributed by atoms with E-state index in [1.54, 1.807) is 24.3 Å². The summed E-state index contributed by atoms with van der Waals surface area (Å²) in [4.78, 5) is 22.6. The summed E-state index contributed by atoms with van der Waals surface area (Å²) in [5.74, 6) is -0.992. The van der Waals surface area contributed by atoms with E-state index in [0.29, 0.717) is 4.47 Å². The van der Waals surface area contributed by atoms with Gasteiger partial charge in [-0.15, -0.1) is 0 Å². The first kappa shape index (κ1) is 17.7. The van der Waals surface area contributed by atoms with Crippen molar-refractivity contribution >= 4 is 34.1 Å². The van der Waals surface area contributed by atoms with Gasteiger partial charge in [0, 0.05) is 11.0 Å². The Hall–Kier alpha value is -2.60. The van der Waals surface area contributed by atoms with Crippen molar-refractivity contribution in [2.75, 3.05) is 6.54 Å². The molecule has 5 nitrogen and oxygen atoms in total. The van der Waals surface area contributed by atoms with Gasteiger partial charge in [-0.25, -0.2) is 9.59 Å². The van der Waals surface area contributed by atoms with Crippen LogP contribution in [0.1, 0.15) is 21.5 Å². The molecule has 2 rings (SSSR count). The molecule has 2 aromatic carbocycles. The lowest BCUT2D eigenvalue weighted by molar-refractivity contribution is 0.0696. The number of carboxylic acids is 1. The summed E-state index contributed by atoms with van der Waals surface area (Å²) in [6, 6.07) is 14.3. The van der Waals surface area contributed by atoms with Crippen molar-refractivity contribution in [3.8, 4) is 0 Å². The second-order valence-corrected chi connectivity index (χ2v) is 5.84. The predicted octanol–water partition coefficient (Wildman–Crippen LogP) is 4.09. The normalized spacial score (nSPS) is 10.5. The zero-order valence-electron chi connectivity index (χ0n) is 12.7. The van der Waals surface area contributed by atoms with Gasteiger partial charge in [-0.05, 0) is 29.3 Å². The monoisotopic (exact) mass is 389 g/mol. The van der Waals surface area contributed by atoms with Crippen molar-refractivity contribution in [2.45, 2.75) is 6.61 Å². The van der Waals surface area contributed by atoms with E-state index in [2.05, 4.69) is 21.2 Å². The van der Waals surface area contributed by atoms with Crippen molar-refractivity contribution in [3.63, 3.8) is 0 Å². The van der Waals surface area contributed by atoms with Crippen LogP contribution in [0.15, 0.2) is 59.1 Å². The van der Waals surface area contributed by atoms with Gasteiger partial charge in [0.25, 0.3) is 0 Å². The average Bonchev–Trinajstić information content (AvgIpc) is 2.57. The zero-order valence-corrected chi connectivity index (χ0v) is 14.3. The fraction of sp³-hybridized carbons (Fsp3) is 0.111. The molecule has 1 amide bonds. The zero-order chi connectivity index (χ0) is 17.4. The van der Waals surface area contributed by atoms with Crippen molar-refractivity contribution in [2.24, 2.45) is 0 Å². The van der Waals surface area contributed by atoms with Gasteiger partial charge < -0.3 is 15.2 Å². The molecule has 0 saturated heterocycles. The van der Waals surface area contributed by atoms with Crippen LogP contribution >= 0.6 is 15.9 Å². The van der Waals surface area contributed by atoms with Crippen LogP contribution in [-0.4, -0.2) is 23.7 Å². The van der Waals surface area contributed by atoms with Crippen molar-refractivity contribution in [1.29, 1.82) is 0 Å². The molecule has 0 spiro atoms. The highest BCUT2D eigenvalue weighted by Crippen LogP contribution is 2.17. The number of carboxylic acid groups (broad SMARTS) is 1. The average molecular weight is 390 g/mol. The molecule has 0 heterocycles. The fourth-order valence-corrected chi connectivity index (χ4v) is 2.45. The van der Waals surface area contributed by atoms with Gasteiger partial charge in [0.1, 0.15) is 6.61 Å². The first-order chi connectivity index (χ1) is 11.5.